The number of nitrogens with zero attached hydrogens (tertiary/aromatic N) is 2. The van der Waals surface area contributed by atoms with Crippen LogP contribution in [0, 0.1) is 0 Å². The highest BCUT2D eigenvalue weighted by molar-refractivity contribution is 7.89. The van der Waals surface area contributed by atoms with Crippen LogP contribution >= 0.6 is 0 Å². The van der Waals surface area contributed by atoms with Gasteiger partial charge in [0.05, 0.1) is 24.0 Å². The second kappa shape index (κ2) is 8.65. The predicted molar refractivity (Wildman–Crippen MR) is 103 cm³/mol. The Labute approximate surface area is 172 Å². The molecule has 1 saturated heterocycles. The molecule has 2 aromatic rings. The molecule has 0 N–H and O–H groups in total. The lowest BCUT2D eigenvalue weighted by Gasteiger charge is -2.34. The summed E-state index contributed by atoms with van der Waals surface area (Å²) in [6, 6.07) is 10.6. The van der Waals surface area contributed by atoms with E-state index in [0.717, 1.165) is 29.8 Å². The first-order valence-electron chi connectivity index (χ1n) is 9.20. The number of carbonyl (C=O) groups excluding carboxylic acids is 1. The van der Waals surface area contributed by atoms with Gasteiger partial charge in [-0.15, -0.1) is 0 Å². The number of carbonyl (C=O) groups is 1. The van der Waals surface area contributed by atoms with Gasteiger partial charge < -0.3 is 9.64 Å². The number of hydrogen-bond acceptors (Lipinski definition) is 4. The monoisotopic (exact) mass is 442 g/mol. The van der Waals surface area contributed by atoms with E-state index < -0.39 is 21.8 Å². The van der Waals surface area contributed by atoms with Crippen LogP contribution in [0.15, 0.2) is 53.4 Å². The number of sulfonamides is 1. The molecule has 30 heavy (non-hydrogen) atoms. The van der Waals surface area contributed by atoms with Crippen LogP contribution in [0.3, 0.4) is 0 Å². The van der Waals surface area contributed by atoms with Crippen LogP contribution in [-0.4, -0.2) is 56.8 Å². The zero-order chi connectivity index (χ0) is 21.9. The van der Waals surface area contributed by atoms with Crippen molar-refractivity contribution in [2.45, 2.75) is 17.5 Å². The molecule has 6 nitrogen and oxygen atoms in total. The SMILES string of the molecule is COc1ccccc1CC(=O)N1CCN(S(=O)(=O)c2ccc(C(F)(F)F)cc2)CC1. The van der Waals surface area contributed by atoms with Crippen LogP contribution in [0.1, 0.15) is 11.1 Å². The van der Waals surface area contributed by atoms with E-state index in [1.807, 2.05) is 0 Å². The number of alkyl halides is 3. The standard InChI is InChI=1S/C20H21F3N2O4S/c1-29-18-5-3-2-4-15(18)14-19(26)24-10-12-25(13-11-24)30(27,28)17-8-6-16(7-9-17)20(21,22)23/h2-9H,10-14H2,1H3. The highest BCUT2D eigenvalue weighted by Crippen LogP contribution is 2.30. The maximum absolute atomic E-state index is 12.7. The molecule has 1 aliphatic rings. The molecule has 2 aromatic carbocycles. The summed E-state index contributed by atoms with van der Waals surface area (Å²) >= 11 is 0. The highest BCUT2D eigenvalue weighted by atomic mass is 32.2. The van der Waals surface area contributed by atoms with E-state index in [1.54, 1.807) is 29.2 Å². The number of ether oxygens (including phenoxy) is 1. The van der Waals surface area contributed by atoms with E-state index in [-0.39, 0.29) is 43.4 Å². The van der Waals surface area contributed by atoms with Crippen LogP contribution in [0.2, 0.25) is 0 Å². The Morgan fingerprint density at radius 2 is 1.60 bits per heavy atom. The second-order valence-electron chi connectivity index (χ2n) is 6.80. The topological polar surface area (TPSA) is 66.9 Å². The van der Waals surface area contributed by atoms with Crippen molar-refractivity contribution in [1.82, 2.24) is 9.21 Å². The lowest BCUT2D eigenvalue weighted by Crippen LogP contribution is -2.50. The Balaban J connectivity index is 1.63. The third-order valence-corrected chi connectivity index (χ3v) is 6.86. The number of hydrogen-bond donors (Lipinski definition) is 0. The average molecular weight is 442 g/mol. The summed E-state index contributed by atoms with van der Waals surface area (Å²) in [7, 11) is -2.41. The van der Waals surface area contributed by atoms with Gasteiger partial charge in [0.25, 0.3) is 0 Å². The minimum atomic E-state index is -4.53. The molecule has 3 rings (SSSR count). The van der Waals surface area contributed by atoms with Crippen LogP contribution in [0.25, 0.3) is 0 Å². The smallest absolute Gasteiger partial charge is 0.416 e. The van der Waals surface area contributed by atoms with Crippen molar-refractivity contribution in [3.8, 4) is 5.75 Å². The number of rotatable bonds is 5. The zero-order valence-corrected chi connectivity index (χ0v) is 17.0. The summed E-state index contributed by atoms with van der Waals surface area (Å²) in [6.07, 6.45) is -4.40. The third-order valence-electron chi connectivity index (χ3n) is 4.94. The first kappa shape index (κ1) is 22.1. The van der Waals surface area contributed by atoms with Crippen molar-refractivity contribution in [2.24, 2.45) is 0 Å². The molecule has 10 heteroatoms. The molecule has 0 bridgehead atoms. The molecule has 1 amide bonds. The van der Waals surface area contributed by atoms with E-state index >= 15 is 0 Å². The van der Waals surface area contributed by atoms with Crippen LogP contribution in [0.5, 0.6) is 5.75 Å². The maximum atomic E-state index is 12.7. The Morgan fingerprint density at radius 1 is 1.00 bits per heavy atom. The molecular weight excluding hydrogens is 421 g/mol. The summed E-state index contributed by atoms with van der Waals surface area (Å²) in [5, 5.41) is 0. The van der Waals surface area contributed by atoms with E-state index in [0.29, 0.717) is 5.75 Å². The normalized spacial score (nSPS) is 15.8. The minimum absolute atomic E-state index is 0.0705. The molecule has 0 atom stereocenters. The average Bonchev–Trinajstić information content (AvgIpc) is 2.73. The summed E-state index contributed by atoms with van der Waals surface area (Å²) < 4.78 is 69.9. The van der Waals surface area contributed by atoms with Crippen molar-refractivity contribution in [1.29, 1.82) is 0 Å². The summed E-state index contributed by atoms with van der Waals surface area (Å²) in [6.45, 7) is 0.545. The van der Waals surface area contributed by atoms with E-state index in [9.17, 15) is 26.4 Å². The van der Waals surface area contributed by atoms with Crippen molar-refractivity contribution in [3.05, 3.63) is 59.7 Å². The van der Waals surface area contributed by atoms with Gasteiger partial charge in [0.2, 0.25) is 15.9 Å². The Hall–Kier alpha value is -2.59. The summed E-state index contributed by atoms with van der Waals surface area (Å²) in [4.78, 5) is 14.0. The molecule has 1 aliphatic heterocycles. The number of methoxy groups -OCH3 is 1. The molecule has 162 valence electrons. The van der Waals surface area contributed by atoms with Crippen LogP contribution in [-0.2, 0) is 27.4 Å². The third kappa shape index (κ3) is 4.76. The molecule has 1 heterocycles. The number of piperazine rings is 1. The van der Waals surface area contributed by atoms with Gasteiger partial charge in [0.1, 0.15) is 5.75 Å². The van der Waals surface area contributed by atoms with Gasteiger partial charge in [0.15, 0.2) is 0 Å². The summed E-state index contributed by atoms with van der Waals surface area (Å²) in [5.74, 6) is 0.459. The fourth-order valence-corrected chi connectivity index (χ4v) is 4.69. The fourth-order valence-electron chi connectivity index (χ4n) is 3.27. The molecule has 1 fully saturated rings. The molecule has 0 spiro atoms. The predicted octanol–water partition coefficient (Wildman–Crippen LogP) is 2.79. The van der Waals surface area contributed by atoms with Crippen LogP contribution in [0.4, 0.5) is 13.2 Å². The second-order valence-corrected chi connectivity index (χ2v) is 8.73. The lowest BCUT2D eigenvalue weighted by atomic mass is 10.1. The van der Waals surface area contributed by atoms with Crippen molar-refractivity contribution in [2.75, 3.05) is 33.3 Å². The van der Waals surface area contributed by atoms with E-state index in [1.165, 1.54) is 11.4 Å². The molecule has 0 aromatic heterocycles. The number of amides is 1. The number of para-hydroxylation sites is 1. The van der Waals surface area contributed by atoms with E-state index in [4.69, 9.17) is 4.74 Å². The van der Waals surface area contributed by atoms with Crippen LogP contribution < -0.4 is 4.74 Å². The minimum Gasteiger partial charge on any atom is -0.496 e. The number of halogens is 3. The van der Waals surface area contributed by atoms with Crippen molar-refractivity contribution < 1.29 is 31.1 Å². The van der Waals surface area contributed by atoms with Gasteiger partial charge in [0, 0.05) is 31.7 Å². The number of benzene rings is 2. The quantitative estimate of drug-likeness (QED) is 0.714. The maximum Gasteiger partial charge on any atom is 0.416 e. The van der Waals surface area contributed by atoms with Gasteiger partial charge in [-0.05, 0) is 30.3 Å². The van der Waals surface area contributed by atoms with Gasteiger partial charge in [-0.3, -0.25) is 4.79 Å². The largest absolute Gasteiger partial charge is 0.496 e. The molecule has 0 aliphatic carbocycles. The first-order valence-corrected chi connectivity index (χ1v) is 10.6. The highest BCUT2D eigenvalue weighted by Gasteiger charge is 2.33. The van der Waals surface area contributed by atoms with Crippen molar-refractivity contribution in [3.63, 3.8) is 0 Å². The molecule has 0 unspecified atom stereocenters. The van der Waals surface area contributed by atoms with Gasteiger partial charge in [-0.2, -0.15) is 17.5 Å². The van der Waals surface area contributed by atoms with Gasteiger partial charge >= 0.3 is 6.18 Å². The van der Waals surface area contributed by atoms with Gasteiger partial charge in [-0.25, -0.2) is 8.42 Å². The molecule has 0 saturated carbocycles. The Kier molecular flexibility index (Phi) is 6.37. The van der Waals surface area contributed by atoms with E-state index in [2.05, 4.69) is 0 Å². The van der Waals surface area contributed by atoms with Gasteiger partial charge in [-0.1, -0.05) is 18.2 Å². The fraction of sp³-hybridized carbons (Fsp3) is 0.350. The lowest BCUT2D eigenvalue weighted by molar-refractivity contribution is -0.137. The zero-order valence-electron chi connectivity index (χ0n) is 16.2. The van der Waals surface area contributed by atoms with Crippen molar-refractivity contribution >= 4 is 15.9 Å². The Morgan fingerprint density at radius 3 is 2.17 bits per heavy atom. The molecular formula is C20H21F3N2O4S. The first-order chi connectivity index (χ1) is 14.1. The summed E-state index contributed by atoms with van der Waals surface area (Å²) in [5.41, 5.74) is -0.169. The Bertz CT molecular complexity index is 999. The molecule has 0 radical (unpaired) electrons.